The van der Waals surface area contributed by atoms with Crippen LogP contribution in [0.15, 0.2) is 36.4 Å². The van der Waals surface area contributed by atoms with E-state index in [1.165, 1.54) is 44.6 Å². The van der Waals surface area contributed by atoms with Crippen molar-refractivity contribution in [1.29, 1.82) is 0 Å². The summed E-state index contributed by atoms with van der Waals surface area (Å²) < 4.78 is 48.8. The smallest absolute Gasteiger partial charge is 0.417 e. The Morgan fingerprint density at radius 2 is 1.73 bits per heavy atom. The molecule has 2 rings (SSSR count). The summed E-state index contributed by atoms with van der Waals surface area (Å²) in [6.45, 7) is 0. The molecule has 22 heavy (non-hydrogen) atoms. The molecule has 1 aromatic carbocycles. The Kier molecular flexibility index (Phi) is 4.35. The van der Waals surface area contributed by atoms with Gasteiger partial charge in [-0.1, -0.05) is 18.2 Å². The molecule has 0 atom stereocenters. The van der Waals surface area contributed by atoms with Crippen LogP contribution in [0.5, 0.6) is 5.88 Å². The van der Waals surface area contributed by atoms with Crippen LogP contribution in [0.3, 0.4) is 0 Å². The maximum absolute atomic E-state index is 13.1. The molecule has 0 saturated heterocycles. The van der Waals surface area contributed by atoms with Crippen molar-refractivity contribution in [1.82, 2.24) is 4.98 Å². The molecule has 1 aromatic heterocycles. The normalized spacial score (nSPS) is 11.1. The van der Waals surface area contributed by atoms with Crippen molar-refractivity contribution in [2.24, 2.45) is 0 Å². The molecule has 2 aromatic rings. The van der Waals surface area contributed by atoms with Crippen molar-refractivity contribution in [2.45, 2.75) is 6.18 Å². The summed E-state index contributed by atoms with van der Waals surface area (Å²) in [6, 6.07) is 7.72. The first-order valence-electron chi connectivity index (χ1n) is 6.18. The number of alkyl halides is 3. The summed E-state index contributed by atoms with van der Waals surface area (Å²) in [6.07, 6.45) is -4.51. The third-order valence-corrected chi connectivity index (χ3v) is 2.97. The fourth-order valence-corrected chi connectivity index (χ4v) is 1.98. The molecule has 0 radical (unpaired) electrons. The second kappa shape index (κ2) is 6.05. The first-order valence-corrected chi connectivity index (χ1v) is 6.18. The minimum atomic E-state index is -4.51. The molecule has 0 N–H and O–H groups in total. The molecular formula is C15H12F3NO3. The average molecular weight is 311 g/mol. The third kappa shape index (κ3) is 3.03. The second-order valence-corrected chi connectivity index (χ2v) is 4.29. The maximum atomic E-state index is 13.1. The van der Waals surface area contributed by atoms with Gasteiger partial charge in [0.25, 0.3) is 0 Å². The number of nitrogens with zero attached hydrogens (tertiary/aromatic N) is 1. The van der Waals surface area contributed by atoms with Crippen molar-refractivity contribution in [3.8, 4) is 17.0 Å². The minimum Gasteiger partial charge on any atom is -0.481 e. The predicted molar refractivity (Wildman–Crippen MR) is 72.6 cm³/mol. The van der Waals surface area contributed by atoms with Crippen molar-refractivity contribution < 1.29 is 27.4 Å². The highest BCUT2D eigenvalue weighted by atomic mass is 19.4. The van der Waals surface area contributed by atoms with Crippen molar-refractivity contribution >= 4 is 5.97 Å². The van der Waals surface area contributed by atoms with Crippen LogP contribution < -0.4 is 4.74 Å². The molecule has 0 fully saturated rings. The number of hydrogen-bond acceptors (Lipinski definition) is 4. The van der Waals surface area contributed by atoms with Crippen LogP contribution in [0.1, 0.15) is 16.1 Å². The van der Waals surface area contributed by atoms with Crippen LogP contribution in [0.4, 0.5) is 13.2 Å². The molecule has 0 amide bonds. The number of hydrogen-bond donors (Lipinski definition) is 0. The largest absolute Gasteiger partial charge is 0.481 e. The maximum Gasteiger partial charge on any atom is 0.417 e. The number of carbonyl (C=O) groups is 1. The van der Waals surface area contributed by atoms with Gasteiger partial charge in [0.2, 0.25) is 5.88 Å². The zero-order chi connectivity index (χ0) is 16.3. The number of halogens is 3. The molecule has 0 bridgehead atoms. The van der Waals surface area contributed by atoms with Crippen LogP contribution >= 0.6 is 0 Å². The number of rotatable bonds is 3. The predicted octanol–water partition coefficient (Wildman–Crippen LogP) is 3.56. The monoisotopic (exact) mass is 311 g/mol. The number of pyridine rings is 1. The van der Waals surface area contributed by atoms with E-state index in [1.807, 2.05) is 0 Å². The molecule has 0 saturated carbocycles. The van der Waals surface area contributed by atoms with Crippen LogP contribution in [0.2, 0.25) is 0 Å². The Balaban J connectivity index is 2.61. The first-order chi connectivity index (χ1) is 10.4. The van der Waals surface area contributed by atoms with Gasteiger partial charge in [0.05, 0.1) is 19.8 Å². The fraction of sp³-hybridized carbons (Fsp3) is 0.200. The third-order valence-electron chi connectivity index (χ3n) is 2.97. The quantitative estimate of drug-likeness (QED) is 0.813. The molecule has 0 aliphatic heterocycles. The van der Waals surface area contributed by atoms with Crippen LogP contribution in [0.25, 0.3) is 11.1 Å². The lowest BCUT2D eigenvalue weighted by Crippen LogP contribution is -2.09. The molecular weight excluding hydrogens is 299 g/mol. The molecule has 0 aliphatic rings. The summed E-state index contributed by atoms with van der Waals surface area (Å²) in [5.41, 5.74) is -0.785. The van der Waals surface area contributed by atoms with Gasteiger partial charge in [0, 0.05) is 5.56 Å². The van der Waals surface area contributed by atoms with Gasteiger partial charge in [0.1, 0.15) is 0 Å². The molecule has 116 valence electrons. The van der Waals surface area contributed by atoms with Crippen LogP contribution in [-0.2, 0) is 10.9 Å². The Bertz CT molecular complexity index is 699. The summed E-state index contributed by atoms with van der Waals surface area (Å²) in [7, 11) is 2.45. The molecule has 7 heteroatoms. The van der Waals surface area contributed by atoms with E-state index in [0.717, 1.165) is 6.07 Å². The van der Waals surface area contributed by atoms with E-state index in [-0.39, 0.29) is 22.7 Å². The first kappa shape index (κ1) is 15.8. The number of esters is 1. The molecule has 1 heterocycles. The van der Waals surface area contributed by atoms with E-state index in [1.54, 1.807) is 0 Å². The van der Waals surface area contributed by atoms with Gasteiger partial charge in [-0.2, -0.15) is 13.2 Å². The van der Waals surface area contributed by atoms with Crippen molar-refractivity contribution in [2.75, 3.05) is 14.2 Å². The Hall–Kier alpha value is -2.57. The Morgan fingerprint density at radius 3 is 2.32 bits per heavy atom. The van der Waals surface area contributed by atoms with Gasteiger partial charge in [0.15, 0.2) is 5.69 Å². The summed E-state index contributed by atoms with van der Waals surface area (Å²) in [4.78, 5) is 15.3. The van der Waals surface area contributed by atoms with Crippen LogP contribution in [-0.4, -0.2) is 25.2 Å². The molecule has 0 aliphatic carbocycles. The van der Waals surface area contributed by atoms with E-state index >= 15 is 0 Å². The van der Waals surface area contributed by atoms with Gasteiger partial charge < -0.3 is 9.47 Å². The van der Waals surface area contributed by atoms with E-state index < -0.39 is 17.7 Å². The van der Waals surface area contributed by atoms with Crippen molar-refractivity contribution in [3.63, 3.8) is 0 Å². The SMILES string of the molecule is COC(=O)c1ccc(-c2ccccc2C(F)(F)F)c(OC)n1. The van der Waals surface area contributed by atoms with Gasteiger partial charge in [-0.15, -0.1) is 0 Å². The molecule has 0 spiro atoms. The molecule has 4 nitrogen and oxygen atoms in total. The van der Waals surface area contributed by atoms with Gasteiger partial charge in [-0.3, -0.25) is 0 Å². The zero-order valence-electron chi connectivity index (χ0n) is 11.8. The highest BCUT2D eigenvalue weighted by Crippen LogP contribution is 2.39. The number of aromatic nitrogens is 1. The Morgan fingerprint density at radius 1 is 1.05 bits per heavy atom. The number of methoxy groups -OCH3 is 2. The highest BCUT2D eigenvalue weighted by molar-refractivity contribution is 5.88. The van der Waals surface area contributed by atoms with E-state index in [4.69, 9.17) is 4.74 Å². The zero-order valence-corrected chi connectivity index (χ0v) is 11.8. The fourth-order valence-electron chi connectivity index (χ4n) is 1.98. The second-order valence-electron chi connectivity index (χ2n) is 4.29. The highest BCUT2D eigenvalue weighted by Gasteiger charge is 2.34. The number of ether oxygens (including phenoxy) is 2. The van der Waals surface area contributed by atoms with Gasteiger partial charge in [-0.25, -0.2) is 9.78 Å². The lowest BCUT2D eigenvalue weighted by atomic mass is 10.00. The number of carbonyl (C=O) groups excluding carboxylic acids is 1. The van der Waals surface area contributed by atoms with E-state index in [9.17, 15) is 18.0 Å². The van der Waals surface area contributed by atoms with Gasteiger partial charge >= 0.3 is 12.1 Å². The van der Waals surface area contributed by atoms with Gasteiger partial charge in [-0.05, 0) is 23.8 Å². The lowest BCUT2D eigenvalue weighted by molar-refractivity contribution is -0.137. The Labute approximate surface area is 124 Å². The summed E-state index contributed by atoms with van der Waals surface area (Å²) in [5.74, 6) is -0.784. The standard InChI is InChI=1S/C15H12F3NO3/c1-21-13-10(7-8-12(19-13)14(20)22-2)9-5-3-4-6-11(9)15(16,17)18/h3-8H,1-2H3. The average Bonchev–Trinajstić information content (AvgIpc) is 2.52. The summed E-state index contributed by atoms with van der Waals surface area (Å²) in [5, 5.41) is 0. The van der Waals surface area contributed by atoms with E-state index in [0.29, 0.717) is 0 Å². The van der Waals surface area contributed by atoms with Crippen molar-refractivity contribution in [3.05, 3.63) is 47.7 Å². The minimum absolute atomic E-state index is 0.0485. The summed E-state index contributed by atoms with van der Waals surface area (Å²) >= 11 is 0. The van der Waals surface area contributed by atoms with E-state index in [2.05, 4.69) is 9.72 Å². The van der Waals surface area contributed by atoms with Crippen LogP contribution in [0, 0.1) is 0 Å². The lowest BCUT2D eigenvalue weighted by Gasteiger charge is -2.15. The molecule has 0 unspecified atom stereocenters. The topological polar surface area (TPSA) is 48.4 Å². The number of benzene rings is 1.